The zero-order valence-corrected chi connectivity index (χ0v) is 13.2. The van der Waals surface area contributed by atoms with Gasteiger partial charge < -0.3 is 5.32 Å². The zero-order valence-electron chi connectivity index (χ0n) is 13.2. The summed E-state index contributed by atoms with van der Waals surface area (Å²) in [7, 11) is 0. The summed E-state index contributed by atoms with van der Waals surface area (Å²) in [5.74, 6) is -1.13. The molecule has 3 aromatic rings. The van der Waals surface area contributed by atoms with Crippen molar-refractivity contribution in [1.82, 2.24) is 15.5 Å². The van der Waals surface area contributed by atoms with Gasteiger partial charge in [0.15, 0.2) is 5.82 Å². The van der Waals surface area contributed by atoms with Gasteiger partial charge in [-0.15, -0.1) is 0 Å². The van der Waals surface area contributed by atoms with Crippen molar-refractivity contribution in [2.45, 2.75) is 18.9 Å². The van der Waals surface area contributed by atoms with Gasteiger partial charge in [0, 0.05) is 17.0 Å². The molecule has 1 aromatic heterocycles. The summed E-state index contributed by atoms with van der Waals surface area (Å²) in [6.45, 7) is 0. The number of H-pyrrole nitrogens is 1. The van der Waals surface area contributed by atoms with Gasteiger partial charge in [-0.05, 0) is 48.7 Å². The minimum atomic E-state index is -0.545. The van der Waals surface area contributed by atoms with Crippen LogP contribution in [0.3, 0.4) is 0 Å². The minimum Gasteiger partial charge on any atom is -0.349 e. The van der Waals surface area contributed by atoms with Gasteiger partial charge in [0.1, 0.15) is 11.3 Å². The van der Waals surface area contributed by atoms with Gasteiger partial charge in [-0.25, -0.2) is 8.78 Å². The lowest BCUT2D eigenvalue weighted by Crippen LogP contribution is -2.25. The second kappa shape index (κ2) is 6.12. The van der Waals surface area contributed by atoms with Gasteiger partial charge in [-0.2, -0.15) is 5.10 Å². The van der Waals surface area contributed by atoms with E-state index in [1.807, 2.05) is 0 Å². The number of carbonyl (C=O) groups excluding carboxylic acids is 1. The Morgan fingerprint density at radius 1 is 1.16 bits per heavy atom. The fraction of sp³-hybridized carbons (Fsp3) is 0.158. The van der Waals surface area contributed by atoms with Crippen LogP contribution in [-0.4, -0.2) is 22.1 Å². The highest BCUT2D eigenvalue weighted by atomic mass is 19.1. The lowest BCUT2D eigenvalue weighted by atomic mass is 10.1. The third-order valence-electron chi connectivity index (χ3n) is 4.13. The summed E-state index contributed by atoms with van der Waals surface area (Å²) >= 11 is 0. The van der Waals surface area contributed by atoms with E-state index >= 15 is 0 Å². The number of carbonyl (C=O) groups is 1. The predicted octanol–water partition coefficient (Wildman–Crippen LogP) is 3.90. The monoisotopic (exact) mass is 339 g/mol. The van der Waals surface area contributed by atoms with E-state index in [0.717, 1.165) is 18.4 Å². The molecule has 4 rings (SSSR count). The molecule has 1 heterocycles. The van der Waals surface area contributed by atoms with Crippen molar-refractivity contribution in [3.63, 3.8) is 0 Å². The first-order valence-electron chi connectivity index (χ1n) is 8.02. The number of aromatic amines is 1. The number of aromatic nitrogens is 2. The van der Waals surface area contributed by atoms with Crippen LogP contribution in [0.1, 0.15) is 34.5 Å². The second-order valence-electron chi connectivity index (χ2n) is 6.12. The summed E-state index contributed by atoms with van der Waals surface area (Å²) in [5.41, 5.74) is 1.84. The molecule has 25 heavy (non-hydrogen) atoms. The SMILES string of the molecule is O=C(NC1CC1)c1cc(F)c2n[nH]c(C=Cc3ccc(F)cc3)c2c1. The van der Waals surface area contributed by atoms with Crippen molar-refractivity contribution < 1.29 is 13.6 Å². The maximum absolute atomic E-state index is 14.3. The van der Waals surface area contributed by atoms with Crippen LogP contribution in [0.5, 0.6) is 0 Å². The molecule has 0 radical (unpaired) electrons. The Kier molecular flexibility index (Phi) is 3.80. The van der Waals surface area contributed by atoms with Gasteiger partial charge in [0.05, 0.1) is 5.69 Å². The molecule has 0 spiro atoms. The summed E-state index contributed by atoms with van der Waals surface area (Å²) in [6, 6.07) is 9.04. The molecule has 2 aromatic carbocycles. The molecule has 4 nitrogen and oxygen atoms in total. The average molecular weight is 339 g/mol. The normalized spacial score (nSPS) is 14.3. The van der Waals surface area contributed by atoms with E-state index in [0.29, 0.717) is 11.1 Å². The third kappa shape index (κ3) is 3.28. The molecule has 126 valence electrons. The number of hydrogen-bond donors (Lipinski definition) is 2. The number of nitrogens with zero attached hydrogens (tertiary/aromatic N) is 1. The second-order valence-corrected chi connectivity index (χ2v) is 6.12. The lowest BCUT2D eigenvalue weighted by molar-refractivity contribution is 0.0951. The predicted molar refractivity (Wildman–Crippen MR) is 91.9 cm³/mol. The molecule has 1 fully saturated rings. The molecule has 6 heteroatoms. The Hall–Kier alpha value is -3.02. The van der Waals surface area contributed by atoms with Crippen LogP contribution in [0, 0.1) is 11.6 Å². The van der Waals surface area contributed by atoms with E-state index < -0.39 is 5.82 Å². The van der Waals surface area contributed by atoms with Crippen molar-refractivity contribution in [3.05, 3.63) is 64.9 Å². The highest BCUT2D eigenvalue weighted by Gasteiger charge is 2.24. The molecule has 1 saturated carbocycles. The van der Waals surface area contributed by atoms with Crippen molar-refractivity contribution in [2.75, 3.05) is 0 Å². The Balaban J connectivity index is 1.67. The third-order valence-corrected chi connectivity index (χ3v) is 4.13. The van der Waals surface area contributed by atoms with E-state index in [1.165, 1.54) is 18.2 Å². The number of benzene rings is 2. The van der Waals surface area contributed by atoms with Gasteiger partial charge in [-0.3, -0.25) is 9.89 Å². The van der Waals surface area contributed by atoms with E-state index in [2.05, 4.69) is 15.5 Å². The van der Waals surface area contributed by atoms with Gasteiger partial charge in [-0.1, -0.05) is 18.2 Å². The molecule has 0 unspecified atom stereocenters. The Morgan fingerprint density at radius 3 is 2.64 bits per heavy atom. The molecule has 0 aliphatic heterocycles. The zero-order chi connectivity index (χ0) is 17.4. The molecule has 0 bridgehead atoms. The Morgan fingerprint density at radius 2 is 1.92 bits per heavy atom. The number of amides is 1. The fourth-order valence-electron chi connectivity index (χ4n) is 2.60. The molecular formula is C19H15F2N3O. The molecule has 2 N–H and O–H groups in total. The topological polar surface area (TPSA) is 57.8 Å². The van der Waals surface area contributed by atoms with Crippen LogP contribution in [0.2, 0.25) is 0 Å². The first-order valence-corrected chi connectivity index (χ1v) is 8.02. The maximum atomic E-state index is 14.3. The molecule has 0 atom stereocenters. The van der Waals surface area contributed by atoms with Crippen molar-refractivity contribution >= 4 is 29.0 Å². The summed E-state index contributed by atoms with van der Waals surface area (Å²) in [6.07, 6.45) is 5.42. The van der Waals surface area contributed by atoms with E-state index in [1.54, 1.807) is 30.4 Å². The van der Waals surface area contributed by atoms with E-state index in [9.17, 15) is 13.6 Å². The summed E-state index contributed by atoms with van der Waals surface area (Å²) < 4.78 is 27.2. The van der Waals surface area contributed by atoms with Crippen LogP contribution in [0.15, 0.2) is 36.4 Å². The van der Waals surface area contributed by atoms with Gasteiger partial charge >= 0.3 is 0 Å². The first kappa shape index (κ1) is 15.5. The number of fused-ring (bicyclic) bond motifs is 1. The molecule has 0 saturated heterocycles. The lowest BCUT2D eigenvalue weighted by Gasteiger charge is -2.04. The molecule has 1 amide bonds. The Labute approximate surface area is 142 Å². The van der Waals surface area contributed by atoms with Crippen LogP contribution >= 0.6 is 0 Å². The number of halogens is 2. The van der Waals surface area contributed by atoms with E-state index in [4.69, 9.17) is 0 Å². The average Bonchev–Trinajstić information content (AvgIpc) is 3.31. The van der Waals surface area contributed by atoms with E-state index in [-0.39, 0.29) is 28.8 Å². The first-order chi connectivity index (χ1) is 12.1. The van der Waals surface area contributed by atoms with Crippen molar-refractivity contribution in [1.29, 1.82) is 0 Å². The largest absolute Gasteiger partial charge is 0.349 e. The minimum absolute atomic E-state index is 0.182. The highest BCUT2D eigenvalue weighted by molar-refractivity contribution is 6.00. The smallest absolute Gasteiger partial charge is 0.251 e. The van der Waals surface area contributed by atoms with Crippen LogP contribution in [-0.2, 0) is 0 Å². The van der Waals surface area contributed by atoms with Crippen molar-refractivity contribution in [3.8, 4) is 0 Å². The van der Waals surface area contributed by atoms with Crippen LogP contribution in [0.4, 0.5) is 8.78 Å². The molecule has 1 aliphatic carbocycles. The Bertz CT molecular complexity index is 972. The quantitative estimate of drug-likeness (QED) is 0.757. The highest BCUT2D eigenvalue weighted by Crippen LogP contribution is 2.24. The van der Waals surface area contributed by atoms with Crippen molar-refractivity contribution in [2.24, 2.45) is 0 Å². The standard InChI is InChI=1S/C19H15F2N3O/c20-13-4-1-11(2-5-13)3-8-17-15-9-12(19(25)22-14-6-7-14)10-16(21)18(15)24-23-17/h1-5,8-10,14H,6-7H2,(H,22,25)(H,23,24). The molecular weight excluding hydrogens is 324 g/mol. The van der Waals surface area contributed by atoms with Crippen LogP contribution < -0.4 is 5.32 Å². The summed E-state index contributed by atoms with van der Waals surface area (Å²) in [5, 5.41) is 10.1. The summed E-state index contributed by atoms with van der Waals surface area (Å²) in [4.78, 5) is 12.2. The van der Waals surface area contributed by atoms with Gasteiger partial charge in [0.2, 0.25) is 0 Å². The van der Waals surface area contributed by atoms with Crippen LogP contribution in [0.25, 0.3) is 23.1 Å². The number of nitrogens with one attached hydrogen (secondary N) is 2. The van der Waals surface area contributed by atoms with Gasteiger partial charge in [0.25, 0.3) is 5.91 Å². The maximum Gasteiger partial charge on any atom is 0.251 e. The number of rotatable bonds is 4. The molecule has 1 aliphatic rings. The number of hydrogen-bond acceptors (Lipinski definition) is 2. The fourth-order valence-corrected chi connectivity index (χ4v) is 2.60.